The molecule has 1 amide bonds. The van der Waals surface area contributed by atoms with E-state index < -0.39 is 5.97 Å². The quantitative estimate of drug-likeness (QED) is 0.693. The van der Waals surface area contributed by atoms with Crippen molar-refractivity contribution in [2.75, 3.05) is 32.7 Å². The average Bonchev–Trinajstić information content (AvgIpc) is 2.61. The summed E-state index contributed by atoms with van der Waals surface area (Å²) in [6.45, 7) is 3.18. The maximum Gasteiger partial charge on any atom is 0.309 e. The number of rotatable bonds is 3. The van der Waals surface area contributed by atoms with Crippen molar-refractivity contribution in [3.8, 4) is 0 Å². The Labute approximate surface area is 88.6 Å². The number of carboxylic acids is 1. The van der Waals surface area contributed by atoms with Crippen LogP contribution in [0.25, 0.3) is 0 Å². The van der Waals surface area contributed by atoms with Gasteiger partial charge in [-0.05, 0) is 12.8 Å². The third kappa shape index (κ3) is 2.28. The molecule has 2 fully saturated rings. The first-order valence-corrected chi connectivity index (χ1v) is 5.40. The molecule has 2 rings (SSSR count). The normalized spacial score (nSPS) is 22.8. The van der Waals surface area contributed by atoms with Crippen molar-refractivity contribution in [3.63, 3.8) is 0 Å². The molecule has 0 aromatic carbocycles. The Kier molecular flexibility index (Phi) is 2.90. The SMILES string of the molecule is O=C(O)C1CN(CC(=O)N2CCCC2)C1. The molecule has 0 radical (unpaired) electrons. The topological polar surface area (TPSA) is 60.9 Å². The van der Waals surface area contributed by atoms with E-state index in [-0.39, 0.29) is 11.8 Å². The van der Waals surface area contributed by atoms with E-state index in [1.54, 1.807) is 0 Å². The van der Waals surface area contributed by atoms with E-state index in [0.717, 1.165) is 25.9 Å². The van der Waals surface area contributed by atoms with Gasteiger partial charge < -0.3 is 10.0 Å². The predicted octanol–water partition coefficient (Wildman–Crippen LogP) is -0.375. The molecule has 15 heavy (non-hydrogen) atoms. The molecule has 0 spiro atoms. The zero-order chi connectivity index (χ0) is 10.8. The fourth-order valence-corrected chi connectivity index (χ4v) is 2.11. The van der Waals surface area contributed by atoms with Crippen LogP contribution in [0.3, 0.4) is 0 Å². The first-order valence-electron chi connectivity index (χ1n) is 5.40. The van der Waals surface area contributed by atoms with Crippen LogP contribution in [0.15, 0.2) is 0 Å². The first kappa shape index (κ1) is 10.4. The van der Waals surface area contributed by atoms with Gasteiger partial charge in [0.05, 0.1) is 12.5 Å². The van der Waals surface area contributed by atoms with E-state index >= 15 is 0 Å². The van der Waals surface area contributed by atoms with E-state index in [1.807, 2.05) is 9.80 Å². The predicted molar refractivity (Wildman–Crippen MR) is 53.4 cm³/mol. The zero-order valence-corrected chi connectivity index (χ0v) is 8.69. The maximum atomic E-state index is 11.7. The lowest BCUT2D eigenvalue weighted by atomic mass is 10.0. The minimum Gasteiger partial charge on any atom is -0.481 e. The van der Waals surface area contributed by atoms with Gasteiger partial charge in [-0.3, -0.25) is 14.5 Å². The summed E-state index contributed by atoms with van der Waals surface area (Å²) in [5.41, 5.74) is 0. The van der Waals surface area contributed by atoms with Crippen molar-refractivity contribution >= 4 is 11.9 Å². The molecule has 0 atom stereocenters. The summed E-state index contributed by atoms with van der Waals surface area (Å²) in [4.78, 5) is 26.0. The Morgan fingerprint density at radius 1 is 1.20 bits per heavy atom. The molecule has 0 saturated carbocycles. The Morgan fingerprint density at radius 2 is 1.80 bits per heavy atom. The highest BCUT2D eigenvalue weighted by Gasteiger charge is 2.34. The summed E-state index contributed by atoms with van der Waals surface area (Å²) < 4.78 is 0. The number of aliphatic carboxylic acids is 1. The lowest BCUT2D eigenvalue weighted by molar-refractivity contribution is -0.149. The van der Waals surface area contributed by atoms with Gasteiger partial charge in [-0.25, -0.2) is 0 Å². The van der Waals surface area contributed by atoms with E-state index in [1.165, 1.54) is 0 Å². The van der Waals surface area contributed by atoms with Crippen LogP contribution in [0.5, 0.6) is 0 Å². The van der Waals surface area contributed by atoms with Gasteiger partial charge in [-0.1, -0.05) is 0 Å². The third-order valence-electron chi connectivity index (χ3n) is 3.12. The lowest BCUT2D eigenvalue weighted by Crippen LogP contribution is -2.53. The maximum absolute atomic E-state index is 11.7. The monoisotopic (exact) mass is 212 g/mol. The first-order chi connectivity index (χ1) is 7.16. The van der Waals surface area contributed by atoms with Crippen LogP contribution < -0.4 is 0 Å². The van der Waals surface area contributed by atoms with Gasteiger partial charge in [0.2, 0.25) is 5.91 Å². The van der Waals surface area contributed by atoms with Crippen LogP contribution in [0.4, 0.5) is 0 Å². The van der Waals surface area contributed by atoms with Crippen LogP contribution in [0.1, 0.15) is 12.8 Å². The molecule has 0 aromatic rings. The molecule has 5 heteroatoms. The van der Waals surface area contributed by atoms with Gasteiger partial charge in [0.1, 0.15) is 0 Å². The van der Waals surface area contributed by atoms with Crippen molar-refractivity contribution < 1.29 is 14.7 Å². The smallest absolute Gasteiger partial charge is 0.309 e. The molecular formula is C10H16N2O3. The van der Waals surface area contributed by atoms with E-state index in [2.05, 4.69) is 0 Å². The minimum atomic E-state index is -0.750. The molecule has 0 aliphatic carbocycles. The van der Waals surface area contributed by atoms with Crippen molar-refractivity contribution in [1.82, 2.24) is 9.80 Å². The second-order valence-electron chi connectivity index (χ2n) is 4.32. The summed E-state index contributed by atoms with van der Waals surface area (Å²) in [5.74, 6) is -0.868. The molecule has 2 aliphatic rings. The van der Waals surface area contributed by atoms with Crippen LogP contribution in [0.2, 0.25) is 0 Å². The fourth-order valence-electron chi connectivity index (χ4n) is 2.11. The van der Waals surface area contributed by atoms with E-state index in [4.69, 9.17) is 5.11 Å². The molecule has 2 saturated heterocycles. The van der Waals surface area contributed by atoms with E-state index in [9.17, 15) is 9.59 Å². The standard InChI is InChI=1S/C10H16N2O3/c13-9(12-3-1-2-4-12)7-11-5-8(6-11)10(14)15/h8H,1-7H2,(H,14,15). The molecule has 2 aliphatic heterocycles. The highest BCUT2D eigenvalue weighted by molar-refractivity contribution is 5.79. The molecular weight excluding hydrogens is 196 g/mol. The number of carboxylic acid groups (broad SMARTS) is 1. The van der Waals surface area contributed by atoms with Crippen molar-refractivity contribution in [2.45, 2.75) is 12.8 Å². The molecule has 0 bridgehead atoms. The number of amides is 1. The Hall–Kier alpha value is -1.10. The number of likely N-dealkylation sites (tertiary alicyclic amines) is 2. The summed E-state index contributed by atoms with van der Waals surface area (Å²) in [6.07, 6.45) is 2.20. The second kappa shape index (κ2) is 4.18. The highest BCUT2D eigenvalue weighted by Crippen LogP contribution is 2.16. The molecule has 5 nitrogen and oxygen atoms in total. The van der Waals surface area contributed by atoms with Gasteiger partial charge in [0, 0.05) is 26.2 Å². The Balaban J connectivity index is 1.70. The largest absolute Gasteiger partial charge is 0.481 e. The van der Waals surface area contributed by atoms with Crippen LogP contribution in [-0.2, 0) is 9.59 Å². The highest BCUT2D eigenvalue weighted by atomic mass is 16.4. The number of hydrogen-bond donors (Lipinski definition) is 1. The summed E-state index contributed by atoms with van der Waals surface area (Å²) in [5, 5.41) is 8.67. The Bertz CT molecular complexity index is 268. The Morgan fingerprint density at radius 3 is 2.33 bits per heavy atom. The van der Waals surface area contributed by atoms with Gasteiger partial charge in [-0.2, -0.15) is 0 Å². The summed E-state index contributed by atoms with van der Waals surface area (Å²) in [6, 6.07) is 0. The van der Waals surface area contributed by atoms with Gasteiger partial charge in [-0.15, -0.1) is 0 Å². The summed E-state index contributed by atoms with van der Waals surface area (Å²) in [7, 11) is 0. The molecule has 2 heterocycles. The van der Waals surface area contributed by atoms with Crippen LogP contribution in [0, 0.1) is 5.92 Å². The van der Waals surface area contributed by atoms with Crippen molar-refractivity contribution in [1.29, 1.82) is 0 Å². The number of nitrogens with zero attached hydrogens (tertiary/aromatic N) is 2. The van der Waals surface area contributed by atoms with Gasteiger partial charge in [0.15, 0.2) is 0 Å². The van der Waals surface area contributed by atoms with Crippen LogP contribution in [-0.4, -0.2) is 59.5 Å². The van der Waals surface area contributed by atoms with Crippen molar-refractivity contribution in [2.24, 2.45) is 5.92 Å². The summed E-state index contributed by atoms with van der Waals surface area (Å²) >= 11 is 0. The van der Waals surface area contributed by atoms with Crippen LogP contribution >= 0.6 is 0 Å². The number of carbonyl (C=O) groups is 2. The second-order valence-corrected chi connectivity index (χ2v) is 4.32. The number of carbonyl (C=O) groups excluding carboxylic acids is 1. The molecule has 0 aromatic heterocycles. The van der Waals surface area contributed by atoms with E-state index in [0.29, 0.717) is 19.6 Å². The average molecular weight is 212 g/mol. The zero-order valence-electron chi connectivity index (χ0n) is 8.69. The van der Waals surface area contributed by atoms with Crippen molar-refractivity contribution in [3.05, 3.63) is 0 Å². The lowest BCUT2D eigenvalue weighted by Gasteiger charge is -2.36. The van der Waals surface area contributed by atoms with Gasteiger partial charge >= 0.3 is 5.97 Å². The molecule has 0 unspecified atom stereocenters. The minimum absolute atomic E-state index is 0.149. The molecule has 84 valence electrons. The molecule has 1 N–H and O–H groups in total. The fraction of sp³-hybridized carbons (Fsp3) is 0.800. The number of hydrogen-bond acceptors (Lipinski definition) is 3. The van der Waals surface area contributed by atoms with Gasteiger partial charge in [0.25, 0.3) is 0 Å². The third-order valence-corrected chi connectivity index (χ3v) is 3.12.